The number of carbonyl (C=O) groups is 1. The Bertz CT molecular complexity index is 538. The van der Waals surface area contributed by atoms with E-state index in [-0.39, 0.29) is 23.6 Å². The highest BCUT2D eigenvalue weighted by atomic mass is 19.4. The molecular weight excluding hydrogens is 299 g/mol. The number of alkyl halides is 3. The Hall–Kier alpha value is -1.60. The maximum absolute atomic E-state index is 12.5. The fourth-order valence-corrected chi connectivity index (χ4v) is 3.32. The first-order chi connectivity index (χ1) is 10.4. The minimum absolute atomic E-state index is 0.0174. The van der Waals surface area contributed by atoms with Crippen LogP contribution in [0.15, 0.2) is 4.42 Å². The van der Waals surface area contributed by atoms with Crippen molar-refractivity contribution in [2.75, 3.05) is 13.1 Å². The standard InChI is InChI=1S/C14H18F3N3O2/c15-14(16,17)13-19-18-11(22-13)10-6-3-7-20(8-10)12(21)9-4-1-2-5-9/h9-10H,1-8H2. The molecule has 1 aromatic heterocycles. The van der Waals surface area contributed by atoms with E-state index in [0.29, 0.717) is 19.5 Å². The van der Waals surface area contributed by atoms with E-state index in [2.05, 4.69) is 10.2 Å². The summed E-state index contributed by atoms with van der Waals surface area (Å²) in [4.78, 5) is 14.2. The number of amides is 1. The van der Waals surface area contributed by atoms with Crippen LogP contribution in [0, 0.1) is 5.92 Å². The van der Waals surface area contributed by atoms with Crippen molar-refractivity contribution in [2.45, 2.75) is 50.6 Å². The number of halogens is 3. The Balaban J connectivity index is 1.67. The van der Waals surface area contributed by atoms with Crippen LogP contribution in [0.25, 0.3) is 0 Å². The van der Waals surface area contributed by atoms with Gasteiger partial charge in [0.25, 0.3) is 0 Å². The lowest BCUT2D eigenvalue weighted by Crippen LogP contribution is -2.41. The predicted octanol–water partition coefficient (Wildman–Crippen LogP) is 2.98. The highest BCUT2D eigenvalue weighted by Crippen LogP contribution is 2.33. The molecule has 1 amide bonds. The second-order valence-corrected chi connectivity index (χ2v) is 6.05. The van der Waals surface area contributed by atoms with Gasteiger partial charge in [0.15, 0.2) is 0 Å². The zero-order valence-electron chi connectivity index (χ0n) is 12.1. The van der Waals surface area contributed by atoms with Gasteiger partial charge in [-0.3, -0.25) is 4.79 Å². The van der Waals surface area contributed by atoms with E-state index in [9.17, 15) is 18.0 Å². The van der Waals surface area contributed by atoms with E-state index in [0.717, 1.165) is 32.1 Å². The highest BCUT2D eigenvalue weighted by Gasteiger charge is 2.40. The fraction of sp³-hybridized carbons (Fsp3) is 0.786. The number of hydrogen-bond acceptors (Lipinski definition) is 4. The van der Waals surface area contributed by atoms with Crippen molar-refractivity contribution in [2.24, 2.45) is 5.92 Å². The fourth-order valence-electron chi connectivity index (χ4n) is 3.32. The summed E-state index contributed by atoms with van der Waals surface area (Å²) >= 11 is 0. The van der Waals surface area contributed by atoms with Crippen molar-refractivity contribution in [3.8, 4) is 0 Å². The number of hydrogen-bond donors (Lipinski definition) is 0. The molecule has 122 valence electrons. The molecule has 3 rings (SSSR count). The van der Waals surface area contributed by atoms with Gasteiger partial charge >= 0.3 is 12.1 Å². The van der Waals surface area contributed by atoms with Gasteiger partial charge in [0.1, 0.15) is 0 Å². The number of nitrogens with zero attached hydrogens (tertiary/aromatic N) is 3. The third kappa shape index (κ3) is 3.10. The SMILES string of the molecule is O=C(C1CCCC1)N1CCCC(c2nnc(C(F)(F)F)o2)C1. The summed E-state index contributed by atoms with van der Waals surface area (Å²) < 4.78 is 42.3. The largest absolute Gasteiger partial charge is 0.470 e. The quantitative estimate of drug-likeness (QED) is 0.841. The van der Waals surface area contributed by atoms with Crippen LogP contribution in [0.2, 0.25) is 0 Å². The summed E-state index contributed by atoms with van der Waals surface area (Å²) in [6.07, 6.45) is 0.760. The molecular formula is C14H18F3N3O2. The average molecular weight is 317 g/mol. The number of rotatable bonds is 2. The minimum atomic E-state index is -4.63. The number of piperidine rings is 1. The number of aromatic nitrogens is 2. The maximum atomic E-state index is 12.5. The van der Waals surface area contributed by atoms with Crippen molar-refractivity contribution in [1.82, 2.24) is 15.1 Å². The summed E-state index contributed by atoms with van der Waals surface area (Å²) in [5.74, 6) is -1.44. The van der Waals surface area contributed by atoms with Crippen molar-refractivity contribution in [3.63, 3.8) is 0 Å². The molecule has 1 aliphatic heterocycles. The van der Waals surface area contributed by atoms with Crippen LogP contribution < -0.4 is 0 Å². The minimum Gasteiger partial charge on any atom is -0.417 e. The molecule has 1 atom stereocenters. The Kier molecular flexibility index (Phi) is 4.10. The number of carbonyl (C=O) groups excluding carboxylic acids is 1. The first-order valence-corrected chi connectivity index (χ1v) is 7.64. The normalized spacial score (nSPS) is 24.0. The van der Waals surface area contributed by atoms with E-state index >= 15 is 0 Å². The van der Waals surface area contributed by atoms with E-state index in [1.54, 1.807) is 4.90 Å². The van der Waals surface area contributed by atoms with Gasteiger partial charge in [-0.2, -0.15) is 13.2 Å². The molecule has 1 unspecified atom stereocenters. The van der Waals surface area contributed by atoms with Gasteiger partial charge in [-0.1, -0.05) is 12.8 Å². The summed E-state index contributed by atoms with van der Waals surface area (Å²) in [7, 11) is 0. The maximum Gasteiger partial charge on any atom is 0.470 e. The molecule has 0 bridgehead atoms. The summed E-state index contributed by atoms with van der Waals surface area (Å²) in [5, 5.41) is 6.59. The lowest BCUT2D eigenvalue weighted by molar-refractivity contribution is -0.157. The molecule has 1 aliphatic carbocycles. The van der Waals surface area contributed by atoms with Gasteiger partial charge in [-0.15, -0.1) is 10.2 Å². The van der Waals surface area contributed by atoms with Crippen molar-refractivity contribution in [3.05, 3.63) is 11.8 Å². The van der Waals surface area contributed by atoms with Crippen molar-refractivity contribution < 1.29 is 22.4 Å². The Morgan fingerprint density at radius 2 is 1.86 bits per heavy atom. The second-order valence-electron chi connectivity index (χ2n) is 6.05. The Morgan fingerprint density at radius 3 is 2.50 bits per heavy atom. The lowest BCUT2D eigenvalue weighted by Gasteiger charge is -2.32. The van der Waals surface area contributed by atoms with Gasteiger partial charge < -0.3 is 9.32 Å². The van der Waals surface area contributed by atoms with Crippen LogP contribution in [-0.4, -0.2) is 34.1 Å². The van der Waals surface area contributed by atoms with E-state index in [1.807, 2.05) is 0 Å². The summed E-state index contributed by atoms with van der Waals surface area (Å²) in [6.45, 7) is 1.03. The van der Waals surface area contributed by atoms with Gasteiger partial charge in [0.05, 0.1) is 5.92 Å². The highest BCUT2D eigenvalue weighted by molar-refractivity contribution is 5.79. The molecule has 1 saturated carbocycles. The van der Waals surface area contributed by atoms with Crippen molar-refractivity contribution >= 4 is 5.91 Å². The van der Waals surface area contributed by atoms with Crippen LogP contribution in [-0.2, 0) is 11.0 Å². The van der Waals surface area contributed by atoms with Gasteiger partial charge in [0, 0.05) is 19.0 Å². The monoisotopic (exact) mass is 317 g/mol. The zero-order chi connectivity index (χ0) is 15.7. The Labute approximate surface area is 125 Å². The molecule has 0 aromatic carbocycles. The third-order valence-electron chi connectivity index (χ3n) is 4.47. The second kappa shape index (κ2) is 5.89. The molecule has 2 heterocycles. The smallest absolute Gasteiger partial charge is 0.417 e. The Morgan fingerprint density at radius 1 is 1.14 bits per heavy atom. The molecule has 0 N–H and O–H groups in total. The molecule has 1 saturated heterocycles. The van der Waals surface area contributed by atoms with E-state index in [4.69, 9.17) is 4.42 Å². The van der Waals surface area contributed by atoms with Gasteiger partial charge in [0.2, 0.25) is 11.8 Å². The van der Waals surface area contributed by atoms with E-state index < -0.39 is 12.1 Å². The van der Waals surface area contributed by atoms with Crippen LogP contribution in [0.1, 0.15) is 56.2 Å². The van der Waals surface area contributed by atoms with Gasteiger partial charge in [-0.05, 0) is 25.7 Å². The van der Waals surface area contributed by atoms with Crippen LogP contribution in [0.5, 0.6) is 0 Å². The topological polar surface area (TPSA) is 59.2 Å². The molecule has 0 spiro atoms. The van der Waals surface area contributed by atoms with Crippen LogP contribution in [0.3, 0.4) is 0 Å². The average Bonchev–Trinajstić information content (AvgIpc) is 3.17. The first-order valence-electron chi connectivity index (χ1n) is 7.64. The van der Waals surface area contributed by atoms with Crippen LogP contribution in [0.4, 0.5) is 13.2 Å². The van der Waals surface area contributed by atoms with Crippen molar-refractivity contribution in [1.29, 1.82) is 0 Å². The van der Waals surface area contributed by atoms with Crippen LogP contribution >= 0.6 is 0 Å². The van der Waals surface area contributed by atoms with Gasteiger partial charge in [-0.25, -0.2) is 0 Å². The summed E-state index contributed by atoms with van der Waals surface area (Å²) in [6, 6.07) is 0. The predicted molar refractivity (Wildman–Crippen MR) is 69.8 cm³/mol. The third-order valence-corrected chi connectivity index (χ3v) is 4.47. The number of likely N-dealkylation sites (tertiary alicyclic amines) is 1. The molecule has 0 radical (unpaired) electrons. The molecule has 2 fully saturated rings. The molecule has 8 heteroatoms. The zero-order valence-corrected chi connectivity index (χ0v) is 12.1. The lowest BCUT2D eigenvalue weighted by atomic mass is 9.96. The molecule has 2 aliphatic rings. The van der Waals surface area contributed by atoms with E-state index in [1.165, 1.54) is 0 Å². The molecule has 1 aromatic rings. The first kappa shape index (κ1) is 15.3. The molecule has 22 heavy (non-hydrogen) atoms. The summed E-state index contributed by atoms with van der Waals surface area (Å²) in [5.41, 5.74) is 0. The molecule has 5 nitrogen and oxygen atoms in total.